The zero-order valence-electron chi connectivity index (χ0n) is 10.6. The van der Waals surface area contributed by atoms with Gasteiger partial charge in [-0.05, 0) is 11.8 Å². The SMILES string of the molecule is COC(c1noc([C@@H](N)C(C)C)n1)C(C)C. The molecule has 2 N–H and O–H groups in total. The van der Waals surface area contributed by atoms with Crippen LogP contribution in [-0.2, 0) is 4.74 Å². The van der Waals surface area contributed by atoms with Gasteiger partial charge in [-0.25, -0.2) is 0 Å². The van der Waals surface area contributed by atoms with Crippen LogP contribution in [0.5, 0.6) is 0 Å². The van der Waals surface area contributed by atoms with Crippen LogP contribution in [0.4, 0.5) is 0 Å². The lowest BCUT2D eigenvalue weighted by molar-refractivity contribution is 0.0555. The lowest BCUT2D eigenvalue weighted by atomic mass is 10.1. The Morgan fingerprint density at radius 1 is 1.19 bits per heavy atom. The first kappa shape index (κ1) is 13.1. The third kappa shape index (κ3) is 2.80. The van der Waals surface area contributed by atoms with Crippen molar-refractivity contribution in [1.29, 1.82) is 0 Å². The first-order valence-corrected chi connectivity index (χ1v) is 5.59. The highest BCUT2D eigenvalue weighted by Gasteiger charge is 2.24. The molecule has 0 aromatic carbocycles. The van der Waals surface area contributed by atoms with Crippen molar-refractivity contribution in [1.82, 2.24) is 10.1 Å². The highest BCUT2D eigenvalue weighted by molar-refractivity contribution is 4.96. The quantitative estimate of drug-likeness (QED) is 0.833. The van der Waals surface area contributed by atoms with E-state index in [9.17, 15) is 0 Å². The Balaban J connectivity index is 2.85. The molecule has 16 heavy (non-hydrogen) atoms. The van der Waals surface area contributed by atoms with Gasteiger partial charge in [-0.3, -0.25) is 0 Å². The first-order chi connectivity index (χ1) is 7.47. The monoisotopic (exact) mass is 227 g/mol. The highest BCUT2D eigenvalue weighted by atomic mass is 16.5. The fourth-order valence-electron chi connectivity index (χ4n) is 1.46. The summed E-state index contributed by atoms with van der Waals surface area (Å²) < 4.78 is 10.5. The Bertz CT molecular complexity index is 323. The molecular formula is C11H21N3O2. The van der Waals surface area contributed by atoms with Crippen molar-refractivity contribution in [2.24, 2.45) is 17.6 Å². The molecule has 1 unspecified atom stereocenters. The van der Waals surface area contributed by atoms with Gasteiger partial charge in [0.25, 0.3) is 0 Å². The Hall–Kier alpha value is -0.940. The molecule has 1 heterocycles. The summed E-state index contributed by atoms with van der Waals surface area (Å²) in [7, 11) is 1.64. The van der Waals surface area contributed by atoms with Gasteiger partial charge in [0.15, 0.2) is 0 Å². The lowest BCUT2D eigenvalue weighted by Crippen LogP contribution is -2.17. The van der Waals surface area contributed by atoms with E-state index >= 15 is 0 Å². The summed E-state index contributed by atoms with van der Waals surface area (Å²) in [6.45, 7) is 8.13. The molecule has 0 saturated heterocycles. The maximum absolute atomic E-state index is 5.93. The van der Waals surface area contributed by atoms with Gasteiger partial charge in [0.05, 0.1) is 6.04 Å². The number of methoxy groups -OCH3 is 1. The van der Waals surface area contributed by atoms with Gasteiger partial charge in [0, 0.05) is 7.11 Å². The Morgan fingerprint density at radius 2 is 1.81 bits per heavy atom. The molecule has 2 atom stereocenters. The molecule has 0 amide bonds. The average Bonchev–Trinajstić information content (AvgIpc) is 2.66. The molecule has 0 aliphatic heterocycles. The number of rotatable bonds is 5. The molecule has 0 saturated carbocycles. The van der Waals surface area contributed by atoms with Crippen LogP contribution in [0.2, 0.25) is 0 Å². The normalized spacial score (nSPS) is 15.8. The molecule has 0 radical (unpaired) electrons. The van der Waals surface area contributed by atoms with Crippen LogP contribution in [0.3, 0.4) is 0 Å². The van der Waals surface area contributed by atoms with Crippen LogP contribution >= 0.6 is 0 Å². The van der Waals surface area contributed by atoms with Gasteiger partial charge in [-0.15, -0.1) is 0 Å². The largest absolute Gasteiger partial charge is 0.373 e. The standard InChI is InChI=1S/C11H21N3O2/c1-6(2)8(12)11-13-10(14-16-11)9(15-5)7(3)4/h6-9H,12H2,1-5H3/t8-,9?/m0/s1. The zero-order chi connectivity index (χ0) is 12.3. The minimum Gasteiger partial charge on any atom is -0.373 e. The molecule has 0 bridgehead atoms. The van der Waals surface area contributed by atoms with Gasteiger partial charge in [0.2, 0.25) is 11.7 Å². The second-order valence-electron chi connectivity index (χ2n) is 4.66. The Labute approximate surface area is 96.4 Å². The molecule has 0 spiro atoms. The number of aromatic nitrogens is 2. The van der Waals surface area contributed by atoms with Gasteiger partial charge < -0.3 is 15.0 Å². The fraction of sp³-hybridized carbons (Fsp3) is 0.818. The minimum atomic E-state index is -0.217. The van der Waals surface area contributed by atoms with Crippen molar-refractivity contribution in [2.75, 3.05) is 7.11 Å². The topological polar surface area (TPSA) is 74.2 Å². The van der Waals surface area contributed by atoms with Crippen molar-refractivity contribution < 1.29 is 9.26 Å². The van der Waals surface area contributed by atoms with Gasteiger partial charge in [-0.2, -0.15) is 4.98 Å². The Kier molecular flexibility index (Phi) is 4.44. The summed E-state index contributed by atoms with van der Waals surface area (Å²) in [5.74, 6) is 1.62. The predicted molar refractivity (Wildman–Crippen MR) is 60.7 cm³/mol. The van der Waals surface area contributed by atoms with Crippen molar-refractivity contribution >= 4 is 0 Å². The van der Waals surface area contributed by atoms with E-state index in [1.54, 1.807) is 7.11 Å². The number of nitrogens with zero attached hydrogens (tertiary/aromatic N) is 2. The van der Waals surface area contributed by atoms with E-state index in [1.165, 1.54) is 0 Å². The number of hydrogen-bond acceptors (Lipinski definition) is 5. The maximum atomic E-state index is 5.93. The molecule has 92 valence electrons. The molecular weight excluding hydrogens is 206 g/mol. The minimum absolute atomic E-state index is 0.142. The van der Waals surface area contributed by atoms with Crippen molar-refractivity contribution in [3.05, 3.63) is 11.7 Å². The smallest absolute Gasteiger partial charge is 0.243 e. The molecule has 1 aromatic rings. The van der Waals surface area contributed by atoms with Crippen LogP contribution < -0.4 is 5.73 Å². The summed E-state index contributed by atoms with van der Waals surface area (Å²) >= 11 is 0. The second-order valence-corrected chi connectivity index (χ2v) is 4.66. The van der Waals surface area contributed by atoms with Crippen molar-refractivity contribution in [3.8, 4) is 0 Å². The molecule has 0 aliphatic rings. The van der Waals surface area contributed by atoms with Gasteiger partial charge in [-0.1, -0.05) is 32.9 Å². The number of hydrogen-bond donors (Lipinski definition) is 1. The molecule has 0 fully saturated rings. The zero-order valence-corrected chi connectivity index (χ0v) is 10.6. The highest BCUT2D eigenvalue weighted by Crippen LogP contribution is 2.24. The van der Waals surface area contributed by atoms with E-state index in [4.69, 9.17) is 15.0 Å². The van der Waals surface area contributed by atoms with E-state index in [0.29, 0.717) is 17.6 Å². The number of nitrogens with two attached hydrogens (primary N) is 1. The fourth-order valence-corrected chi connectivity index (χ4v) is 1.46. The van der Waals surface area contributed by atoms with Crippen LogP contribution in [0.25, 0.3) is 0 Å². The maximum Gasteiger partial charge on any atom is 0.243 e. The van der Waals surface area contributed by atoms with Crippen LogP contribution in [0.15, 0.2) is 4.52 Å². The predicted octanol–water partition coefficient (Wildman–Crippen LogP) is 2.07. The summed E-state index contributed by atoms with van der Waals surface area (Å²) in [5.41, 5.74) is 5.93. The van der Waals surface area contributed by atoms with E-state index in [0.717, 1.165) is 0 Å². The van der Waals surface area contributed by atoms with E-state index in [1.807, 2.05) is 27.7 Å². The van der Waals surface area contributed by atoms with E-state index < -0.39 is 0 Å². The van der Waals surface area contributed by atoms with E-state index in [2.05, 4.69) is 10.1 Å². The molecule has 1 rings (SSSR count). The molecule has 0 aliphatic carbocycles. The summed E-state index contributed by atoms with van der Waals surface area (Å²) in [5, 5.41) is 3.92. The van der Waals surface area contributed by atoms with Crippen LogP contribution in [-0.4, -0.2) is 17.3 Å². The second kappa shape index (κ2) is 5.41. The van der Waals surface area contributed by atoms with Crippen molar-refractivity contribution in [2.45, 2.75) is 39.8 Å². The first-order valence-electron chi connectivity index (χ1n) is 5.59. The third-order valence-electron chi connectivity index (χ3n) is 2.57. The Morgan fingerprint density at radius 3 is 2.25 bits per heavy atom. The third-order valence-corrected chi connectivity index (χ3v) is 2.57. The molecule has 5 heteroatoms. The van der Waals surface area contributed by atoms with Crippen LogP contribution in [0, 0.1) is 11.8 Å². The van der Waals surface area contributed by atoms with Gasteiger partial charge in [0.1, 0.15) is 6.10 Å². The van der Waals surface area contributed by atoms with Crippen molar-refractivity contribution in [3.63, 3.8) is 0 Å². The van der Waals surface area contributed by atoms with E-state index in [-0.39, 0.29) is 18.1 Å². The lowest BCUT2D eigenvalue weighted by Gasteiger charge is -2.14. The van der Waals surface area contributed by atoms with Crippen LogP contribution in [0.1, 0.15) is 51.6 Å². The number of ether oxygens (including phenoxy) is 1. The van der Waals surface area contributed by atoms with Gasteiger partial charge >= 0.3 is 0 Å². The summed E-state index contributed by atoms with van der Waals surface area (Å²) in [4.78, 5) is 4.30. The molecule has 5 nitrogen and oxygen atoms in total. The summed E-state index contributed by atoms with van der Waals surface area (Å²) in [6, 6.07) is -0.217. The summed E-state index contributed by atoms with van der Waals surface area (Å²) in [6.07, 6.45) is -0.142. The molecule has 1 aromatic heterocycles. The average molecular weight is 227 g/mol.